The van der Waals surface area contributed by atoms with E-state index in [9.17, 15) is 4.79 Å². The number of hydrogen-bond acceptors (Lipinski definition) is 9. The highest BCUT2D eigenvalue weighted by Gasteiger charge is 2.35. The summed E-state index contributed by atoms with van der Waals surface area (Å²) in [4.78, 5) is 16.9. The van der Waals surface area contributed by atoms with Gasteiger partial charge in [-0.3, -0.25) is 10.2 Å². The molecule has 40 heavy (non-hydrogen) atoms. The Morgan fingerprint density at radius 1 is 0.850 bits per heavy atom. The van der Waals surface area contributed by atoms with Crippen LogP contribution in [0.4, 0.5) is 0 Å². The van der Waals surface area contributed by atoms with Crippen molar-refractivity contribution >= 4 is 39.8 Å². The first kappa shape index (κ1) is 26.8. The zero-order valence-electron chi connectivity index (χ0n) is 21.8. The molecule has 2 heterocycles. The summed E-state index contributed by atoms with van der Waals surface area (Å²) in [5, 5.41) is 15.3. The van der Waals surface area contributed by atoms with Crippen LogP contribution in [0.3, 0.4) is 0 Å². The Bertz CT molecular complexity index is 1510. The number of carbonyl (C=O) groups excluding carboxylic acids is 1. The maximum absolute atomic E-state index is 12.8. The summed E-state index contributed by atoms with van der Waals surface area (Å²) in [6.45, 7) is 0.810. The van der Waals surface area contributed by atoms with Crippen molar-refractivity contribution in [3.8, 4) is 28.7 Å². The van der Waals surface area contributed by atoms with Crippen molar-refractivity contribution < 1.29 is 28.5 Å². The number of thioether (sulfide) groups is 1. The Balaban J connectivity index is 1.22. The fourth-order valence-corrected chi connectivity index (χ4v) is 4.61. The van der Waals surface area contributed by atoms with E-state index in [4.69, 9.17) is 29.1 Å². The summed E-state index contributed by atoms with van der Waals surface area (Å²) >= 11 is 1.21. The molecule has 0 bridgehead atoms. The number of amidine groups is 2. The molecule has 11 heteroatoms. The number of hydrazone groups is 1. The molecule has 0 saturated carbocycles. The Labute approximate surface area is 235 Å². The Morgan fingerprint density at radius 3 is 2.42 bits per heavy atom. The molecule has 0 radical (unpaired) electrons. The first-order valence-electron chi connectivity index (χ1n) is 12.3. The molecule has 0 saturated heterocycles. The van der Waals surface area contributed by atoms with E-state index in [-0.39, 0.29) is 24.6 Å². The number of para-hydroxylation sites is 1. The van der Waals surface area contributed by atoms with Crippen LogP contribution < -0.4 is 23.7 Å². The molecule has 0 aromatic heterocycles. The van der Waals surface area contributed by atoms with Crippen LogP contribution in [0, 0.1) is 5.41 Å². The van der Waals surface area contributed by atoms with Gasteiger partial charge in [0, 0.05) is 6.07 Å². The highest BCUT2D eigenvalue weighted by molar-refractivity contribution is 8.27. The van der Waals surface area contributed by atoms with E-state index in [0.29, 0.717) is 51.1 Å². The number of hydrogen-bond donors (Lipinski definition) is 1. The van der Waals surface area contributed by atoms with Crippen LogP contribution in [0.2, 0.25) is 0 Å². The lowest BCUT2D eigenvalue weighted by Crippen LogP contribution is -2.35. The van der Waals surface area contributed by atoms with E-state index in [1.165, 1.54) is 23.9 Å². The van der Waals surface area contributed by atoms with Gasteiger partial charge in [-0.15, -0.1) is 0 Å². The number of fused-ring (bicyclic) bond motifs is 1. The predicted octanol–water partition coefficient (Wildman–Crippen LogP) is 4.86. The molecule has 10 nitrogen and oxygen atoms in total. The molecule has 0 atom stereocenters. The molecule has 1 N–H and O–H groups in total. The number of amides is 1. The summed E-state index contributed by atoms with van der Waals surface area (Å²) < 4.78 is 28.0. The summed E-state index contributed by atoms with van der Waals surface area (Å²) in [6, 6.07) is 21.9. The van der Waals surface area contributed by atoms with Gasteiger partial charge in [-0.25, -0.2) is 0 Å². The quantitative estimate of drug-likeness (QED) is 0.262. The number of nitrogens with one attached hydrogen (secondary N) is 1. The summed E-state index contributed by atoms with van der Waals surface area (Å²) in [7, 11) is 3.13. The largest absolute Gasteiger partial charge is 0.497 e. The van der Waals surface area contributed by atoms with Gasteiger partial charge in [-0.05, 0) is 59.8 Å². The van der Waals surface area contributed by atoms with Gasteiger partial charge < -0.3 is 23.7 Å². The molecule has 5 rings (SSSR count). The van der Waals surface area contributed by atoms with Crippen molar-refractivity contribution in [3.05, 3.63) is 83.9 Å². The zero-order valence-corrected chi connectivity index (χ0v) is 22.6. The normalized spacial score (nSPS) is 15.3. The summed E-state index contributed by atoms with van der Waals surface area (Å²) in [5.41, 5.74) is 0.757. The lowest BCUT2D eigenvalue weighted by atomic mass is 10.1. The molecule has 0 fully saturated rings. The van der Waals surface area contributed by atoms with Gasteiger partial charge in [-0.2, -0.15) is 15.1 Å². The van der Waals surface area contributed by atoms with Crippen LogP contribution in [0.5, 0.6) is 28.7 Å². The molecule has 0 aliphatic carbocycles. The lowest BCUT2D eigenvalue weighted by Gasteiger charge is -2.20. The topological polar surface area (TPSA) is 115 Å². The van der Waals surface area contributed by atoms with E-state index in [2.05, 4.69) is 10.1 Å². The first-order valence-corrected chi connectivity index (χ1v) is 13.1. The smallest absolute Gasteiger partial charge is 0.283 e. The molecule has 204 valence electrons. The van der Waals surface area contributed by atoms with Crippen LogP contribution in [0.15, 0.2) is 88.5 Å². The van der Waals surface area contributed by atoms with E-state index in [1.807, 2.05) is 48.5 Å². The third kappa shape index (κ3) is 6.26. The van der Waals surface area contributed by atoms with Crippen molar-refractivity contribution in [2.45, 2.75) is 0 Å². The van der Waals surface area contributed by atoms with E-state index in [1.54, 1.807) is 37.5 Å². The standard InChI is InChI=1S/C29H26N4O6S/c1-35-21-9-6-10-22(17-21)37-13-14-38-24-12-11-19(16-25(24)36-2)15-23-27(30)33-29(31-28(23)34)40-26(32-33)18-39-20-7-4-3-5-8-20/h3-12,15-17,30H,13-14,18H2,1-2H3/b23-15-,30-27?. The summed E-state index contributed by atoms with van der Waals surface area (Å²) in [6.07, 6.45) is 1.59. The van der Waals surface area contributed by atoms with Gasteiger partial charge in [0.2, 0.25) is 5.17 Å². The van der Waals surface area contributed by atoms with Gasteiger partial charge in [-0.1, -0.05) is 30.3 Å². The van der Waals surface area contributed by atoms with Crippen molar-refractivity contribution in [2.24, 2.45) is 10.1 Å². The maximum atomic E-state index is 12.8. The molecule has 1 amide bonds. The molecular weight excluding hydrogens is 532 g/mol. The number of ether oxygens (including phenoxy) is 5. The Morgan fingerprint density at radius 2 is 1.62 bits per heavy atom. The van der Waals surface area contributed by atoms with Crippen LogP contribution in [0.1, 0.15) is 5.56 Å². The fraction of sp³-hybridized carbons (Fsp3) is 0.172. The third-order valence-corrected chi connectivity index (χ3v) is 6.63. The zero-order chi connectivity index (χ0) is 27.9. The Hall–Kier alpha value is -4.77. The van der Waals surface area contributed by atoms with Crippen molar-refractivity contribution in [1.29, 1.82) is 5.41 Å². The van der Waals surface area contributed by atoms with Crippen LogP contribution in [0.25, 0.3) is 6.08 Å². The van der Waals surface area contributed by atoms with E-state index < -0.39 is 5.91 Å². The molecule has 3 aromatic rings. The minimum Gasteiger partial charge on any atom is -0.497 e. The Kier molecular flexibility index (Phi) is 8.31. The van der Waals surface area contributed by atoms with Crippen LogP contribution >= 0.6 is 11.8 Å². The van der Waals surface area contributed by atoms with E-state index >= 15 is 0 Å². The van der Waals surface area contributed by atoms with Gasteiger partial charge >= 0.3 is 0 Å². The second-order valence-electron chi connectivity index (χ2n) is 8.40. The highest BCUT2D eigenvalue weighted by Crippen LogP contribution is 2.32. The maximum Gasteiger partial charge on any atom is 0.283 e. The fourth-order valence-electron chi connectivity index (χ4n) is 3.81. The van der Waals surface area contributed by atoms with Gasteiger partial charge in [0.05, 0.1) is 19.8 Å². The van der Waals surface area contributed by atoms with Crippen molar-refractivity contribution in [1.82, 2.24) is 5.01 Å². The molecule has 0 spiro atoms. The number of aliphatic imine (C=N–C) groups is 1. The number of rotatable bonds is 11. The second kappa shape index (κ2) is 12.4. The van der Waals surface area contributed by atoms with E-state index in [0.717, 1.165) is 0 Å². The van der Waals surface area contributed by atoms with Crippen LogP contribution in [-0.2, 0) is 4.79 Å². The molecule has 3 aromatic carbocycles. The predicted molar refractivity (Wildman–Crippen MR) is 154 cm³/mol. The highest BCUT2D eigenvalue weighted by atomic mass is 32.2. The average molecular weight is 559 g/mol. The number of benzene rings is 3. The van der Waals surface area contributed by atoms with Crippen LogP contribution in [-0.4, -0.2) is 61.0 Å². The van der Waals surface area contributed by atoms with Crippen molar-refractivity contribution in [2.75, 3.05) is 34.0 Å². The minimum atomic E-state index is -0.516. The lowest BCUT2D eigenvalue weighted by molar-refractivity contribution is -0.114. The minimum absolute atomic E-state index is 0.0637. The monoisotopic (exact) mass is 558 g/mol. The van der Waals surface area contributed by atoms with Crippen molar-refractivity contribution in [3.63, 3.8) is 0 Å². The third-order valence-electron chi connectivity index (χ3n) is 5.75. The molecule has 2 aliphatic heterocycles. The average Bonchev–Trinajstić information content (AvgIpc) is 3.40. The summed E-state index contributed by atoms with van der Waals surface area (Å²) in [5.74, 6) is 2.51. The second-order valence-corrected chi connectivity index (χ2v) is 9.44. The number of methoxy groups -OCH3 is 2. The van der Waals surface area contributed by atoms with Gasteiger partial charge in [0.1, 0.15) is 42.1 Å². The SMILES string of the molecule is COc1cccc(OCCOc2ccc(/C=C3/C(=N)N4N=C(COc5ccccc5)SC4=NC3=O)cc2OC)c1. The van der Waals surface area contributed by atoms with Gasteiger partial charge in [0.15, 0.2) is 17.3 Å². The molecule has 2 aliphatic rings. The van der Waals surface area contributed by atoms with Gasteiger partial charge in [0.25, 0.3) is 5.91 Å². The number of carbonyl (C=O) groups is 1. The molecular formula is C29H26N4O6S. The first-order chi connectivity index (χ1) is 19.5. The molecule has 0 unspecified atom stereocenters. The number of nitrogens with zero attached hydrogens (tertiary/aromatic N) is 3.